The van der Waals surface area contributed by atoms with Gasteiger partial charge in [0.2, 0.25) is 5.95 Å². The van der Waals surface area contributed by atoms with Crippen LogP contribution in [0.2, 0.25) is 0 Å². The molecule has 9 aromatic rings. The second-order valence-electron chi connectivity index (χ2n) is 10.8. The van der Waals surface area contributed by atoms with Gasteiger partial charge < -0.3 is 0 Å². The summed E-state index contributed by atoms with van der Waals surface area (Å²) in [5, 5.41) is 4.74. The molecule has 0 amide bonds. The number of aromatic nitrogens is 4. The first-order valence-corrected chi connectivity index (χ1v) is 15.5. The molecule has 0 radical (unpaired) electrons. The molecule has 0 saturated heterocycles. The number of thiophene rings is 1. The molecule has 4 nitrogen and oxygen atoms in total. The third kappa shape index (κ3) is 3.87. The minimum Gasteiger partial charge on any atom is -0.278 e. The van der Waals surface area contributed by atoms with Crippen LogP contribution in [0.15, 0.2) is 146 Å². The summed E-state index contributed by atoms with van der Waals surface area (Å²) in [7, 11) is 0. The second-order valence-corrected chi connectivity index (χ2v) is 11.9. The van der Waals surface area contributed by atoms with Crippen LogP contribution in [0.1, 0.15) is 0 Å². The van der Waals surface area contributed by atoms with Crippen molar-refractivity contribution in [3.63, 3.8) is 0 Å². The summed E-state index contributed by atoms with van der Waals surface area (Å²) in [5.74, 6) is 1.90. The average molecular weight is 581 g/mol. The molecule has 0 spiro atoms. The maximum absolute atomic E-state index is 5.26. The van der Waals surface area contributed by atoms with Gasteiger partial charge in [0.1, 0.15) is 0 Å². The van der Waals surface area contributed by atoms with Gasteiger partial charge in [-0.05, 0) is 35.4 Å². The maximum atomic E-state index is 5.26. The van der Waals surface area contributed by atoms with Gasteiger partial charge in [0.15, 0.2) is 11.6 Å². The Morgan fingerprint density at radius 2 is 0.932 bits per heavy atom. The molecule has 3 heterocycles. The van der Waals surface area contributed by atoms with Crippen LogP contribution >= 0.6 is 11.3 Å². The van der Waals surface area contributed by atoms with Crippen molar-refractivity contribution in [2.24, 2.45) is 0 Å². The molecule has 0 unspecified atom stereocenters. The summed E-state index contributed by atoms with van der Waals surface area (Å²) >= 11 is 1.81. The molecular formula is C39H24N4S. The molecule has 0 fully saturated rings. The summed E-state index contributed by atoms with van der Waals surface area (Å²) in [5.41, 5.74) is 6.48. The van der Waals surface area contributed by atoms with Crippen molar-refractivity contribution in [2.75, 3.05) is 0 Å². The smallest absolute Gasteiger partial charge is 0.238 e. The van der Waals surface area contributed by atoms with Gasteiger partial charge in [0, 0.05) is 42.1 Å². The van der Waals surface area contributed by atoms with Gasteiger partial charge in [-0.1, -0.05) is 121 Å². The van der Waals surface area contributed by atoms with Crippen LogP contribution in [0, 0.1) is 0 Å². The number of nitrogens with zero attached hydrogens (tertiary/aromatic N) is 4. The van der Waals surface area contributed by atoms with Crippen LogP contribution in [0.3, 0.4) is 0 Å². The van der Waals surface area contributed by atoms with E-state index < -0.39 is 0 Å². The lowest BCUT2D eigenvalue weighted by Crippen LogP contribution is -2.06. The van der Waals surface area contributed by atoms with E-state index in [1.807, 2.05) is 29.5 Å². The van der Waals surface area contributed by atoms with Gasteiger partial charge in [0.05, 0.1) is 11.0 Å². The van der Waals surface area contributed by atoms with Crippen LogP contribution < -0.4 is 0 Å². The van der Waals surface area contributed by atoms with E-state index in [1.165, 1.54) is 42.1 Å². The van der Waals surface area contributed by atoms with E-state index in [0.29, 0.717) is 17.6 Å². The molecule has 206 valence electrons. The Labute approximate surface area is 257 Å². The van der Waals surface area contributed by atoms with Gasteiger partial charge in [-0.3, -0.25) is 4.57 Å². The van der Waals surface area contributed by atoms with E-state index in [4.69, 9.17) is 15.0 Å². The van der Waals surface area contributed by atoms with E-state index in [9.17, 15) is 0 Å². The quantitative estimate of drug-likeness (QED) is 0.208. The minimum absolute atomic E-state index is 0.603. The normalized spacial score (nSPS) is 11.6. The monoisotopic (exact) mass is 580 g/mol. The largest absolute Gasteiger partial charge is 0.278 e. The predicted molar refractivity (Wildman–Crippen MR) is 183 cm³/mol. The highest BCUT2D eigenvalue weighted by atomic mass is 32.1. The highest BCUT2D eigenvalue weighted by Crippen LogP contribution is 2.44. The summed E-state index contributed by atoms with van der Waals surface area (Å²) in [6.45, 7) is 0. The lowest BCUT2D eigenvalue weighted by molar-refractivity contribution is 0.954. The topological polar surface area (TPSA) is 43.6 Å². The van der Waals surface area contributed by atoms with E-state index >= 15 is 0 Å². The molecule has 0 bridgehead atoms. The Morgan fingerprint density at radius 1 is 0.409 bits per heavy atom. The van der Waals surface area contributed by atoms with Crippen molar-refractivity contribution in [1.82, 2.24) is 19.5 Å². The van der Waals surface area contributed by atoms with Crippen molar-refractivity contribution in [1.29, 1.82) is 0 Å². The van der Waals surface area contributed by atoms with E-state index in [0.717, 1.165) is 22.2 Å². The van der Waals surface area contributed by atoms with Gasteiger partial charge >= 0.3 is 0 Å². The lowest BCUT2D eigenvalue weighted by atomic mass is 9.97. The van der Waals surface area contributed by atoms with Gasteiger partial charge in [0.25, 0.3) is 0 Å². The van der Waals surface area contributed by atoms with Crippen LogP contribution in [-0.4, -0.2) is 19.5 Å². The van der Waals surface area contributed by atoms with Crippen molar-refractivity contribution in [3.05, 3.63) is 146 Å². The fourth-order valence-electron chi connectivity index (χ4n) is 6.35. The SMILES string of the molecule is c1ccc(-c2nc(-c3cccc4sc5cccc(-c6ccccc6)c5c34)nc(-n3c4ccccc4c4ccccc43)n2)cc1. The number of para-hydroxylation sites is 2. The molecule has 3 aromatic heterocycles. The zero-order valence-electron chi connectivity index (χ0n) is 23.6. The number of rotatable bonds is 4. The van der Waals surface area contributed by atoms with E-state index in [1.54, 1.807) is 0 Å². The molecule has 0 aliphatic carbocycles. The van der Waals surface area contributed by atoms with Gasteiger partial charge in [-0.15, -0.1) is 11.3 Å². The van der Waals surface area contributed by atoms with Crippen LogP contribution in [0.25, 0.3) is 81.8 Å². The maximum Gasteiger partial charge on any atom is 0.238 e. The summed E-state index contributed by atoms with van der Waals surface area (Å²) < 4.78 is 4.62. The minimum atomic E-state index is 0.603. The van der Waals surface area contributed by atoms with Gasteiger partial charge in [-0.2, -0.15) is 9.97 Å². The second kappa shape index (κ2) is 9.97. The van der Waals surface area contributed by atoms with E-state index in [2.05, 4.69) is 132 Å². The number of fused-ring (bicyclic) bond motifs is 6. The first-order valence-electron chi connectivity index (χ1n) is 14.6. The highest BCUT2D eigenvalue weighted by molar-refractivity contribution is 7.26. The Hall–Kier alpha value is -5.65. The Morgan fingerprint density at radius 3 is 1.59 bits per heavy atom. The first-order chi connectivity index (χ1) is 21.8. The predicted octanol–water partition coefficient (Wildman–Crippen LogP) is 10.3. The molecule has 5 heteroatoms. The summed E-state index contributed by atoms with van der Waals surface area (Å²) in [4.78, 5) is 15.5. The summed E-state index contributed by atoms with van der Waals surface area (Å²) in [6, 6.07) is 50.7. The molecule has 0 atom stereocenters. The first kappa shape index (κ1) is 24.9. The third-order valence-electron chi connectivity index (χ3n) is 8.28. The zero-order valence-corrected chi connectivity index (χ0v) is 24.4. The summed E-state index contributed by atoms with van der Waals surface area (Å²) in [6.07, 6.45) is 0. The van der Waals surface area contributed by atoms with Gasteiger partial charge in [-0.25, -0.2) is 4.98 Å². The highest BCUT2D eigenvalue weighted by Gasteiger charge is 2.20. The van der Waals surface area contributed by atoms with Crippen LogP contribution in [0.4, 0.5) is 0 Å². The molecule has 9 rings (SSSR count). The van der Waals surface area contributed by atoms with Crippen molar-refractivity contribution >= 4 is 53.3 Å². The van der Waals surface area contributed by atoms with Crippen LogP contribution in [0.5, 0.6) is 0 Å². The van der Waals surface area contributed by atoms with Crippen molar-refractivity contribution in [2.45, 2.75) is 0 Å². The Balaban J connectivity index is 1.38. The van der Waals surface area contributed by atoms with Crippen molar-refractivity contribution in [3.8, 4) is 39.9 Å². The lowest BCUT2D eigenvalue weighted by Gasteiger charge is -2.12. The molecule has 0 aliphatic heterocycles. The fourth-order valence-corrected chi connectivity index (χ4v) is 7.51. The average Bonchev–Trinajstić information content (AvgIpc) is 3.65. The van der Waals surface area contributed by atoms with E-state index in [-0.39, 0.29) is 0 Å². The standard InChI is InChI=1S/C39H24N4S/c1-3-13-25(14-4-1)27-19-11-23-33-35(27)36-30(20-12-24-34(36)44-33)38-40-37(26-15-5-2-6-16-26)41-39(42-38)43-31-21-9-7-17-28(31)29-18-8-10-22-32(29)43/h1-24H. The number of hydrogen-bond donors (Lipinski definition) is 0. The third-order valence-corrected chi connectivity index (χ3v) is 9.40. The molecular weight excluding hydrogens is 557 g/mol. The molecule has 0 aliphatic rings. The Kier molecular flexibility index (Phi) is 5.64. The number of hydrogen-bond acceptors (Lipinski definition) is 4. The zero-order chi connectivity index (χ0) is 29.0. The fraction of sp³-hybridized carbons (Fsp3) is 0. The van der Waals surface area contributed by atoms with Crippen LogP contribution in [-0.2, 0) is 0 Å². The number of benzene rings is 6. The molecule has 6 aromatic carbocycles. The van der Waals surface area contributed by atoms with Crippen molar-refractivity contribution < 1.29 is 0 Å². The molecule has 0 saturated carbocycles. The Bertz CT molecular complexity index is 2440. The molecule has 44 heavy (non-hydrogen) atoms. The molecule has 0 N–H and O–H groups in total.